The third-order valence-corrected chi connectivity index (χ3v) is 2.19. The van der Waals surface area contributed by atoms with Gasteiger partial charge in [-0.25, -0.2) is 9.97 Å². The van der Waals surface area contributed by atoms with Gasteiger partial charge < -0.3 is 10.5 Å². The second kappa shape index (κ2) is 5.23. The monoisotopic (exact) mass is 215 g/mol. The van der Waals surface area contributed by atoms with Gasteiger partial charge in [0.25, 0.3) is 0 Å². The average Bonchev–Trinajstić information content (AvgIpc) is 2.38. The average molecular weight is 215 g/mol. The van der Waals surface area contributed by atoms with Crippen LogP contribution in [0.5, 0.6) is 5.88 Å². The summed E-state index contributed by atoms with van der Waals surface area (Å²) in [6.45, 7) is 0.871. The maximum Gasteiger partial charge on any atom is 0.221 e. The minimum atomic E-state index is 0.380. The summed E-state index contributed by atoms with van der Waals surface area (Å²) in [6, 6.07) is 9.93. The van der Waals surface area contributed by atoms with Gasteiger partial charge in [-0.05, 0) is 5.56 Å². The Labute approximate surface area is 94.1 Å². The number of nitrogens with two attached hydrogens (primary N) is 1. The van der Waals surface area contributed by atoms with Crippen molar-refractivity contribution >= 4 is 0 Å². The molecule has 0 bridgehead atoms. The Morgan fingerprint density at radius 2 is 2.00 bits per heavy atom. The largest absolute Gasteiger partial charge is 0.472 e. The van der Waals surface area contributed by atoms with Crippen LogP contribution in [0.2, 0.25) is 0 Å². The molecule has 0 radical (unpaired) electrons. The Morgan fingerprint density at radius 3 is 2.75 bits per heavy atom. The van der Waals surface area contributed by atoms with Gasteiger partial charge in [-0.1, -0.05) is 30.3 Å². The fraction of sp³-hybridized carbons (Fsp3) is 0.167. The molecule has 2 N–H and O–H groups in total. The Hall–Kier alpha value is -1.94. The maximum atomic E-state index is 5.58. The van der Waals surface area contributed by atoms with E-state index >= 15 is 0 Å². The first-order valence-electron chi connectivity index (χ1n) is 5.06. The van der Waals surface area contributed by atoms with E-state index in [-0.39, 0.29) is 0 Å². The van der Waals surface area contributed by atoms with Gasteiger partial charge >= 0.3 is 0 Å². The summed E-state index contributed by atoms with van der Waals surface area (Å²) < 4.78 is 5.58. The number of nitrogens with zero attached hydrogens (tertiary/aromatic N) is 2. The smallest absolute Gasteiger partial charge is 0.221 e. The quantitative estimate of drug-likeness (QED) is 0.839. The van der Waals surface area contributed by atoms with Crippen LogP contribution in [0.25, 0.3) is 0 Å². The summed E-state index contributed by atoms with van der Waals surface area (Å²) >= 11 is 0. The lowest BCUT2D eigenvalue weighted by molar-refractivity contribution is 0.289. The van der Waals surface area contributed by atoms with Gasteiger partial charge in [0.1, 0.15) is 12.9 Å². The summed E-state index contributed by atoms with van der Waals surface area (Å²) in [5, 5.41) is 0. The van der Waals surface area contributed by atoms with Gasteiger partial charge in [0.2, 0.25) is 5.88 Å². The second-order valence-electron chi connectivity index (χ2n) is 3.33. The predicted molar refractivity (Wildman–Crippen MR) is 60.7 cm³/mol. The van der Waals surface area contributed by atoms with Gasteiger partial charge in [-0.15, -0.1) is 0 Å². The molecule has 0 saturated carbocycles. The van der Waals surface area contributed by atoms with Crippen LogP contribution in [0.3, 0.4) is 0 Å². The number of hydrogen-bond acceptors (Lipinski definition) is 4. The van der Waals surface area contributed by atoms with Crippen molar-refractivity contribution in [1.82, 2.24) is 9.97 Å². The second-order valence-corrected chi connectivity index (χ2v) is 3.33. The van der Waals surface area contributed by atoms with Crippen molar-refractivity contribution < 1.29 is 4.74 Å². The Kier molecular flexibility index (Phi) is 3.46. The van der Waals surface area contributed by atoms with E-state index in [0.717, 1.165) is 11.1 Å². The number of hydrogen-bond donors (Lipinski definition) is 1. The summed E-state index contributed by atoms with van der Waals surface area (Å²) in [6.07, 6.45) is 3.13. The van der Waals surface area contributed by atoms with Gasteiger partial charge in [0.05, 0.1) is 0 Å². The molecule has 0 amide bonds. The van der Waals surface area contributed by atoms with Crippen LogP contribution in [0.4, 0.5) is 0 Å². The van der Waals surface area contributed by atoms with E-state index in [0.29, 0.717) is 19.0 Å². The SMILES string of the molecule is NCc1cncnc1OCc1ccccc1. The van der Waals surface area contributed by atoms with Crippen LogP contribution in [0.15, 0.2) is 42.9 Å². The molecule has 0 aliphatic carbocycles. The highest BCUT2D eigenvalue weighted by Crippen LogP contribution is 2.13. The van der Waals surface area contributed by atoms with E-state index in [2.05, 4.69) is 9.97 Å². The van der Waals surface area contributed by atoms with E-state index in [1.165, 1.54) is 6.33 Å². The molecule has 1 heterocycles. The summed E-state index contributed by atoms with van der Waals surface area (Å²) in [5.41, 5.74) is 7.48. The zero-order chi connectivity index (χ0) is 11.2. The molecule has 4 nitrogen and oxygen atoms in total. The lowest BCUT2D eigenvalue weighted by Gasteiger charge is -2.07. The first kappa shape index (κ1) is 10.6. The number of ether oxygens (including phenoxy) is 1. The minimum absolute atomic E-state index is 0.380. The number of aromatic nitrogens is 2. The van der Waals surface area contributed by atoms with Gasteiger partial charge in [0.15, 0.2) is 0 Å². The Morgan fingerprint density at radius 1 is 1.19 bits per heavy atom. The predicted octanol–water partition coefficient (Wildman–Crippen LogP) is 1.51. The molecule has 0 saturated heterocycles. The molecule has 4 heteroatoms. The van der Waals surface area contributed by atoms with Crippen LogP contribution < -0.4 is 10.5 Å². The molecule has 1 aromatic heterocycles. The molecular formula is C12H13N3O. The molecule has 1 aromatic carbocycles. The number of rotatable bonds is 4. The van der Waals surface area contributed by atoms with E-state index in [1.807, 2.05) is 30.3 Å². The number of benzene rings is 1. The molecule has 0 spiro atoms. The summed E-state index contributed by atoms with van der Waals surface area (Å²) in [4.78, 5) is 7.95. The summed E-state index contributed by atoms with van der Waals surface area (Å²) in [7, 11) is 0. The zero-order valence-electron chi connectivity index (χ0n) is 8.84. The lowest BCUT2D eigenvalue weighted by Crippen LogP contribution is -2.04. The normalized spacial score (nSPS) is 10.1. The minimum Gasteiger partial charge on any atom is -0.472 e. The van der Waals surface area contributed by atoms with Crippen LogP contribution in [0.1, 0.15) is 11.1 Å². The van der Waals surface area contributed by atoms with Crippen molar-refractivity contribution in [3.63, 3.8) is 0 Å². The van der Waals surface area contributed by atoms with Crippen molar-refractivity contribution in [1.29, 1.82) is 0 Å². The molecule has 82 valence electrons. The molecule has 2 aromatic rings. The van der Waals surface area contributed by atoms with Crippen molar-refractivity contribution in [2.45, 2.75) is 13.2 Å². The van der Waals surface area contributed by atoms with E-state index in [1.54, 1.807) is 6.20 Å². The third-order valence-electron chi connectivity index (χ3n) is 2.19. The van der Waals surface area contributed by atoms with Crippen molar-refractivity contribution in [3.05, 3.63) is 54.0 Å². The van der Waals surface area contributed by atoms with E-state index < -0.39 is 0 Å². The molecule has 0 fully saturated rings. The molecule has 0 aliphatic rings. The van der Waals surface area contributed by atoms with Gasteiger partial charge in [-0.3, -0.25) is 0 Å². The van der Waals surface area contributed by atoms with Crippen molar-refractivity contribution in [3.8, 4) is 5.88 Å². The fourth-order valence-electron chi connectivity index (χ4n) is 1.34. The zero-order valence-corrected chi connectivity index (χ0v) is 8.84. The molecule has 0 atom stereocenters. The van der Waals surface area contributed by atoms with Crippen molar-refractivity contribution in [2.75, 3.05) is 0 Å². The highest BCUT2D eigenvalue weighted by atomic mass is 16.5. The van der Waals surface area contributed by atoms with Gasteiger partial charge in [-0.2, -0.15) is 0 Å². The molecule has 0 unspecified atom stereocenters. The van der Waals surface area contributed by atoms with Crippen LogP contribution in [0, 0.1) is 0 Å². The Balaban J connectivity index is 2.05. The van der Waals surface area contributed by atoms with E-state index in [4.69, 9.17) is 10.5 Å². The van der Waals surface area contributed by atoms with Crippen LogP contribution in [-0.4, -0.2) is 9.97 Å². The molecule has 16 heavy (non-hydrogen) atoms. The highest BCUT2D eigenvalue weighted by molar-refractivity contribution is 5.22. The fourth-order valence-corrected chi connectivity index (χ4v) is 1.34. The molecule has 0 aliphatic heterocycles. The van der Waals surface area contributed by atoms with Crippen molar-refractivity contribution in [2.24, 2.45) is 5.73 Å². The third kappa shape index (κ3) is 2.55. The first-order valence-corrected chi connectivity index (χ1v) is 5.06. The first-order chi connectivity index (χ1) is 7.90. The molecular weight excluding hydrogens is 202 g/mol. The maximum absolute atomic E-state index is 5.58. The van der Waals surface area contributed by atoms with Crippen LogP contribution >= 0.6 is 0 Å². The topological polar surface area (TPSA) is 61.0 Å². The molecule has 2 rings (SSSR count). The van der Waals surface area contributed by atoms with Gasteiger partial charge in [0, 0.05) is 18.3 Å². The summed E-state index contributed by atoms with van der Waals surface area (Å²) in [5.74, 6) is 0.557. The van der Waals surface area contributed by atoms with Crippen LogP contribution in [-0.2, 0) is 13.2 Å². The van der Waals surface area contributed by atoms with E-state index in [9.17, 15) is 0 Å². The highest BCUT2D eigenvalue weighted by Gasteiger charge is 2.03. The Bertz CT molecular complexity index is 445. The standard InChI is InChI=1S/C12H13N3O/c13-6-11-7-14-9-15-12(11)16-8-10-4-2-1-3-5-10/h1-5,7,9H,6,8,13H2. The lowest BCUT2D eigenvalue weighted by atomic mass is 10.2.